The van der Waals surface area contributed by atoms with E-state index in [4.69, 9.17) is 4.74 Å². The summed E-state index contributed by atoms with van der Waals surface area (Å²) in [4.78, 5) is 31.5. The van der Waals surface area contributed by atoms with Crippen LogP contribution in [0.15, 0.2) is 0 Å². The zero-order valence-electron chi connectivity index (χ0n) is 12.8. The van der Waals surface area contributed by atoms with Gasteiger partial charge in [-0.1, -0.05) is 6.92 Å². The van der Waals surface area contributed by atoms with Gasteiger partial charge >= 0.3 is 0 Å². The Labute approximate surface area is 126 Å². The number of nitrogens with zero attached hydrogens (tertiary/aromatic N) is 3. The third-order valence-corrected chi connectivity index (χ3v) is 4.97. The maximum Gasteiger partial charge on any atom is 0.238 e. The van der Waals surface area contributed by atoms with Crippen molar-refractivity contribution < 1.29 is 14.3 Å². The quantitative estimate of drug-likeness (QED) is 0.676. The van der Waals surface area contributed by atoms with Crippen LogP contribution >= 0.6 is 0 Å². The molecule has 2 aliphatic heterocycles. The van der Waals surface area contributed by atoms with Gasteiger partial charge in [0, 0.05) is 39.3 Å². The molecule has 2 saturated heterocycles. The molecule has 3 rings (SSSR count). The van der Waals surface area contributed by atoms with Crippen molar-refractivity contribution in [2.24, 2.45) is 5.41 Å². The summed E-state index contributed by atoms with van der Waals surface area (Å²) in [5.74, 6) is 0.100. The Kier molecular flexibility index (Phi) is 4.17. The van der Waals surface area contributed by atoms with E-state index in [0.29, 0.717) is 26.3 Å². The van der Waals surface area contributed by atoms with Crippen LogP contribution in [-0.4, -0.2) is 85.5 Å². The first-order valence-corrected chi connectivity index (χ1v) is 8.06. The van der Waals surface area contributed by atoms with Gasteiger partial charge < -0.3 is 19.4 Å². The lowest BCUT2D eigenvalue weighted by molar-refractivity contribution is -0.152. The number of morpholine rings is 1. The molecule has 3 fully saturated rings. The Morgan fingerprint density at radius 1 is 0.905 bits per heavy atom. The van der Waals surface area contributed by atoms with Crippen LogP contribution < -0.4 is 0 Å². The molecule has 0 aromatic carbocycles. The zero-order chi connectivity index (χ0) is 14.9. The predicted octanol–water partition coefficient (Wildman–Crippen LogP) is -0.210. The summed E-state index contributed by atoms with van der Waals surface area (Å²) in [6, 6.07) is 0. The van der Waals surface area contributed by atoms with Crippen LogP contribution in [0.25, 0.3) is 0 Å². The van der Waals surface area contributed by atoms with Crippen molar-refractivity contribution in [1.29, 1.82) is 0 Å². The van der Waals surface area contributed by atoms with Gasteiger partial charge in [-0.05, 0) is 19.4 Å². The molecule has 0 aromatic heterocycles. The first-order valence-electron chi connectivity index (χ1n) is 8.06. The Balaban J connectivity index is 1.62. The first-order chi connectivity index (χ1) is 10.2. The Morgan fingerprint density at radius 3 is 1.90 bits per heavy atom. The minimum atomic E-state index is -0.730. The van der Waals surface area contributed by atoms with Crippen LogP contribution in [0.4, 0.5) is 0 Å². The molecule has 6 heteroatoms. The van der Waals surface area contributed by atoms with Crippen LogP contribution in [-0.2, 0) is 14.3 Å². The molecule has 3 aliphatic rings. The summed E-state index contributed by atoms with van der Waals surface area (Å²) in [7, 11) is 0. The summed E-state index contributed by atoms with van der Waals surface area (Å²) in [6.45, 7) is 8.94. The number of hydrogen-bond donors (Lipinski definition) is 0. The van der Waals surface area contributed by atoms with E-state index in [1.54, 1.807) is 0 Å². The fraction of sp³-hybridized carbons (Fsp3) is 0.867. The molecule has 0 bridgehead atoms. The third-order valence-electron chi connectivity index (χ3n) is 4.97. The lowest BCUT2D eigenvalue weighted by Crippen LogP contribution is -2.54. The SMILES string of the molecule is CCN1CCN(C(=O)C2(C(=O)N3CCOCC3)CC2)CC1. The third kappa shape index (κ3) is 2.79. The summed E-state index contributed by atoms with van der Waals surface area (Å²) < 4.78 is 5.29. The van der Waals surface area contributed by atoms with Crippen LogP contribution in [0.3, 0.4) is 0 Å². The summed E-state index contributed by atoms with van der Waals surface area (Å²) in [6.07, 6.45) is 1.44. The second-order valence-electron chi connectivity index (χ2n) is 6.21. The second-order valence-corrected chi connectivity index (χ2v) is 6.21. The lowest BCUT2D eigenvalue weighted by Gasteiger charge is -2.37. The van der Waals surface area contributed by atoms with E-state index in [1.807, 2.05) is 9.80 Å². The molecule has 0 radical (unpaired) electrons. The van der Waals surface area contributed by atoms with Gasteiger partial charge in [0.1, 0.15) is 5.41 Å². The maximum absolute atomic E-state index is 12.8. The first kappa shape index (κ1) is 14.8. The molecular formula is C15H25N3O3. The van der Waals surface area contributed by atoms with E-state index in [1.165, 1.54) is 0 Å². The minimum absolute atomic E-state index is 0.0359. The van der Waals surface area contributed by atoms with Crippen molar-refractivity contribution in [3.05, 3.63) is 0 Å². The molecule has 0 spiro atoms. The van der Waals surface area contributed by atoms with E-state index in [9.17, 15) is 9.59 Å². The van der Waals surface area contributed by atoms with Crippen molar-refractivity contribution in [3.8, 4) is 0 Å². The van der Waals surface area contributed by atoms with Crippen LogP contribution in [0.1, 0.15) is 19.8 Å². The van der Waals surface area contributed by atoms with Crippen molar-refractivity contribution >= 4 is 11.8 Å². The van der Waals surface area contributed by atoms with Crippen LogP contribution in [0.5, 0.6) is 0 Å². The van der Waals surface area contributed by atoms with Crippen molar-refractivity contribution in [1.82, 2.24) is 14.7 Å². The Morgan fingerprint density at radius 2 is 1.43 bits per heavy atom. The molecule has 0 aromatic rings. The average molecular weight is 295 g/mol. The maximum atomic E-state index is 12.8. The number of piperazine rings is 1. The molecule has 6 nitrogen and oxygen atoms in total. The molecule has 2 amide bonds. The second kappa shape index (κ2) is 5.93. The van der Waals surface area contributed by atoms with E-state index in [2.05, 4.69) is 11.8 Å². The predicted molar refractivity (Wildman–Crippen MR) is 77.8 cm³/mol. The monoisotopic (exact) mass is 295 g/mol. The number of likely N-dealkylation sites (N-methyl/N-ethyl adjacent to an activating group) is 1. The van der Waals surface area contributed by atoms with Gasteiger partial charge in [-0.25, -0.2) is 0 Å². The molecular weight excluding hydrogens is 270 g/mol. The molecule has 1 saturated carbocycles. The normalized spacial score (nSPS) is 25.8. The van der Waals surface area contributed by atoms with Gasteiger partial charge in [-0.3, -0.25) is 9.59 Å². The van der Waals surface area contributed by atoms with Crippen LogP contribution in [0.2, 0.25) is 0 Å². The zero-order valence-corrected chi connectivity index (χ0v) is 12.8. The fourth-order valence-corrected chi connectivity index (χ4v) is 3.28. The number of amides is 2. The van der Waals surface area contributed by atoms with Crippen molar-refractivity contribution in [3.63, 3.8) is 0 Å². The Hall–Kier alpha value is -1.14. The number of carbonyl (C=O) groups excluding carboxylic acids is 2. The minimum Gasteiger partial charge on any atom is -0.378 e. The topological polar surface area (TPSA) is 53.1 Å². The summed E-state index contributed by atoms with van der Waals surface area (Å²) in [5, 5.41) is 0. The van der Waals surface area contributed by atoms with Gasteiger partial charge in [0.05, 0.1) is 13.2 Å². The van der Waals surface area contributed by atoms with Gasteiger partial charge in [0.2, 0.25) is 11.8 Å². The van der Waals surface area contributed by atoms with Crippen LogP contribution in [0, 0.1) is 5.41 Å². The van der Waals surface area contributed by atoms with E-state index in [-0.39, 0.29) is 11.8 Å². The van der Waals surface area contributed by atoms with Gasteiger partial charge in [-0.2, -0.15) is 0 Å². The largest absolute Gasteiger partial charge is 0.378 e. The molecule has 21 heavy (non-hydrogen) atoms. The number of hydrogen-bond acceptors (Lipinski definition) is 4. The standard InChI is InChI=1S/C15H25N3O3/c1-2-16-5-7-17(8-6-16)13(19)15(3-4-15)14(20)18-9-11-21-12-10-18/h2-12H2,1H3. The fourth-order valence-electron chi connectivity index (χ4n) is 3.28. The molecule has 118 valence electrons. The van der Waals surface area contributed by atoms with Gasteiger partial charge in [0.15, 0.2) is 0 Å². The van der Waals surface area contributed by atoms with E-state index < -0.39 is 5.41 Å². The van der Waals surface area contributed by atoms with Gasteiger partial charge in [-0.15, -0.1) is 0 Å². The highest BCUT2D eigenvalue weighted by Gasteiger charge is 2.59. The lowest BCUT2D eigenvalue weighted by atomic mass is 10.0. The molecule has 1 aliphatic carbocycles. The molecule has 0 unspecified atom stereocenters. The highest BCUT2D eigenvalue weighted by molar-refractivity contribution is 6.07. The molecule has 0 atom stereocenters. The Bertz CT molecular complexity index is 408. The van der Waals surface area contributed by atoms with Gasteiger partial charge in [0.25, 0.3) is 0 Å². The average Bonchev–Trinajstić information content (AvgIpc) is 3.36. The highest BCUT2D eigenvalue weighted by Crippen LogP contribution is 2.49. The number of rotatable bonds is 3. The smallest absolute Gasteiger partial charge is 0.238 e. The van der Waals surface area contributed by atoms with Crippen molar-refractivity contribution in [2.75, 3.05) is 59.0 Å². The molecule has 2 heterocycles. The number of carbonyl (C=O) groups is 2. The highest BCUT2D eigenvalue weighted by atomic mass is 16.5. The van der Waals surface area contributed by atoms with E-state index >= 15 is 0 Å². The molecule has 0 N–H and O–H groups in total. The summed E-state index contributed by atoms with van der Waals surface area (Å²) in [5.41, 5.74) is -0.730. The summed E-state index contributed by atoms with van der Waals surface area (Å²) >= 11 is 0. The van der Waals surface area contributed by atoms with E-state index in [0.717, 1.165) is 45.6 Å². The van der Waals surface area contributed by atoms with Crippen molar-refractivity contribution in [2.45, 2.75) is 19.8 Å². The number of ether oxygens (including phenoxy) is 1.